The van der Waals surface area contributed by atoms with Crippen LogP contribution in [0.1, 0.15) is 36.0 Å². The Morgan fingerprint density at radius 2 is 2.10 bits per heavy atom. The molecule has 114 valence electrons. The van der Waals surface area contributed by atoms with E-state index < -0.39 is 5.60 Å². The van der Waals surface area contributed by atoms with Gasteiger partial charge in [-0.2, -0.15) is 0 Å². The molecule has 2 aromatic rings. The van der Waals surface area contributed by atoms with Crippen molar-refractivity contribution in [2.24, 2.45) is 0 Å². The zero-order valence-electron chi connectivity index (χ0n) is 13.3. The lowest BCUT2D eigenvalue weighted by atomic mass is 10.1. The van der Waals surface area contributed by atoms with E-state index in [0.717, 1.165) is 27.9 Å². The first kappa shape index (κ1) is 15.9. The van der Waals surface area contributed by atoms with E-state index in [1.165, 1.54) is 0 Å². The summed E-state index contributed by atoms with van der Waals surface area (Å²) in [5, 5.41) is 0.943. The lowest BCUT2D eigenvalue weighted by Crippen LogP contribution is -2.24. The number of nitrogens with zero attached hydrogens (tertiary/aromatic N) is 2. The van der Waals surface area contributed by atoms with Crippen molar-refractivity contribution in [3.8, 4) is 0 Å². The molecule has 0 bridgehead atoms. The molecule has 0 amide bonds. The summed E-state index contributed by atoms with van der Waals surface area (Å²) in [7, 11) is 4.06. The second-order valence-electron chi connectivity index (χ2n) is 6.33. The quantitative estimate of drug-likeness (QED) is 0.812. The van der Waals surface area contributed by atoms with Gasteiger partial charge in [-0.15, -0.1) is 11.3 Å². The number of rotatable bonds is 4. The Hall–Kier alpha value is -1.46. The van der Waals surface area contributed by atoms with Gasteiger partial charge in [0, 0.05) is 29.2 Å². The van der Waals surface area contributed by atoms with Crippen LogP contribution >= 0.6 is 11.3 Å². The van der Waals surface area contributed by atoms with Gasteiger partial charge in [-0.3, -0.25) is 4.98 Å². The van der Waals surface area contributed by atoms with Gasteiger partial charge in [0.25, 0.3) is 0 Å². The van der Waals surface area contributed by atoms with Crippen molar-refractivity contribution in [1.82, 2.24) is 9.88 Å². The fourth-order valence-electron chi connectivity index (χ4n) is 2.06. The molecule has 2 heterocycles. The van der Waals surface area contributed by atoms with E-state index in [1.54, 1.807) is 17.5 Å². The predicted molar refractivity (Wildman–Crippen MR) is 87.0 cm³/mol. The summed E-state index contributed by atoms with van der Waals surface area (Å²) in [5.74, 6) is -0.242. The summed E-state index contributed by atoms with van der Waals surface area (Å²) in [6.07, 6.45) is 4.37. The normalized spacial score (nSPS) is 12.1. The van der Waals surface area contributed by atoms with Gasteiger partial charge in [-0.25, -0.2) is 4.79 Å². The SMILES string of the molecule is CN(C)CCc1sc2cnccc2c1C(=O)OC(C)(C)C. The van der Waals surface area contributed by atoms with Crippen LogP contribution in [-0.2, 0) is 11.2 Å². The molecule has 0 aromatic carbocycles. The Labute approximate surface area is 129 Å². The first-order valence-electron chi connectivity index (χ1n) is 7.01. The minimum absolute atomic E-state index is 0.242. The topological polar surface area (TPSA) is 42.4 Å². The van der Waals surface area contributed by atoms with Crippen LogP contribution < -0.4 is 0 Å². The van der Waals surface area contributed by atoms with E-state index in [0.29, 0.717) is 5.56 Å². The first-order chi connectivity index (χ1) is 9.78. The van der Waals surface area contributed by atoms with Crippen LogP contribution in [0.5, 0.6) is 0 Å². The maximum Gasteiger partial charge on any atom is 0.340 e. The number of hydrogen-bond donors (Lipinski definition) is 0. The van der Waals surface area contributed by atoms with Gasteiger partial charge in [0.1, 0.15) is 5.60 Å². The number of carbonyl (C=O) groups excluding carboxylic acids is 1. The molecule has 0 aliphatic heterocycles. The number of pyridine rings is 1. The molecule has 5 heteroatoms. The standard InChI is InChI=1S/C16H22N2O2S/c1-16(2,3)20-15(19)14-11-6-8-17-10-13(11)21-12(14)7-9-18(4)5/h6,8,10H,7,9H2,1-5H3. The van der Waals surface area contributed by atoms with E-state index in [1.807, 2.05) is 47.1 Å². The van der Waals surface area contributed by atoms with Crippen molar-refractivity contribution in [3.05, 3.63) is 28.9 Å². The number of carbonyl (C=O) groups is 1. The van der Waals surface area contributed by atoms with E-state index in [4.69, 9.17) is 4.74 Å². The summed E-state index contributed by atoms with van der Waals surface area (Å²) in [6.45, 7) is 6.57. The number of thiophene rings is 1. The van der Waals surface area contributed by atoms with Crippen LogP contribution in [-0.4, -0.2) is 42.1 Å². The van der Waals surface area contributed by atoms with E-state index in [2.05, 4.69) is 9.88 Å². The highest BCUT2D eigenvalue weighted by molar-refractivity contribution is 7.19. The van der Waals surface area contributed by atoms with Crippen LogP contribution in [0.3, 0.4) is 0 Å². The number of hydrogen-bond acceptors (Lipinski definition) is 5. The Morgan fingerprint density at radius 1 is 1.38 bits per heavy atom. The van der Waals surface area contributed by atoms with E-state index >= 15 is 0 Å². The third-order valence-electron chi connectivity index (χ3n) is 2.95. The molecule has 2 rings (SSSR count). The van der Waals surface area contributed by atoms with Crippen molar-refractivity contribution in [1.29, 1.82) is 0 Å². The van der Waals surface area contributed by atoms with Crippen molar-refractivity contribution >= 4 is 27.4 Å². The van der Waals surface area contributed by atoms with Crippen molar-refractivity contribution < 1.29 is 9.53 Å². The minimum Gasteiger partial charge on any atom is -0.456 e. The fraction of sp³-hybridized carbons (Fsp3) is 0.500. The fourth-order valence-corrected chi connectivity index (χ4v) is 3.20. The molecule has 0 spiro atoms. The monoisotopic (exact) mass is 306 g/mol. The molecular weight excluding hydrogens is 284 g/mol. The lowest BCUT2D eigenvalue weighted by molar-refractivity contribution is 0.00712. The van der Waals surface area contributed by atoms with Crippen LogP contribution in [0.25, 0.3) is 10.1 Å². The summed E-state index contributed by atoms with van der Waals surface area (Å²) < 4.78 is 6.61. The Morgan fingerprint density at radius 3 is 2.71 bits per heavy atom. The van der Waals surface area contributed by atoms with E-state index in [-0.39, 0.29) is 5.97 Å². The molecule has 4 nitrogen and oxygen atoms in total. The summed E-state index contributed by atoms with van der Waals surface area (Å²) in [4.78, 5) is 19.9. The van der Waals surface area contributed by atoms with E-state index in [9.17, 15) is 4.79 Å². The second-order valence-corrected chi connectivity index (χ2v) is 7.46. The summed E-state index contributed by atoms with van der Waals surface area (Å²) in [5.41, 5.74) is 0.214. The van der Waals surface area contributed by atoms with Crippen LogP contribution in [0.2, 0.25) is 0 Å². The maximum absolute atomic E-state index is 12.6. The van der Waals surface area contributed by atoms with Gasteiger partial charge >= 0.3 is 5.97 Å². The maximum atomic E-state index is 12.6. The molecule has 0 unspecified atom stereocenters. The number of esters is 1. The van der Waals surface area contributed by atoms with Gasteiger partial charge in [-0.05, 0) is 47.4 Å². The number of fused-ring (bicyclic) bond motifs is 1. The molecule has 0 saturated carbocycles. The first-order valence-corrected chi connectivity index (χ1v) is 7.83. The zero-order chi connectivity index (χ0) is 15.6. The third kappa shape index (κ3) is 4.02. The lowest BCUT2D eigenvalue weighted by Gasteiger charge is -2.20. The molecule has 0 aliphatic rings. The van der Waals surface area contributed by atoms with Crippen molar-refractivity contribution in [2.75, 3.05) is 20.6 Å². The van der Waals surface area contributed by atoms with Crippen molar-refractivity contribution in [3.63, 3.8) is 0 Å². The Balaban J connectivity index is 2.42. The number of likely N-dealkylation sites (N-methyl/N-ethyl adjacent to an activating group) is 1. The summed E-state index contributed by atoms with van der Waals surface area (Å²) >= 11 is 1.63. The van der Waals surface area contributed by atoms with Gasteiger partial charge in [0.15, 0.2) is 0 Å². The van der Waals surface area contributed by atoms with Crippen LogP contribution in [0.4, 0.5) is 0 Å². The minimum atomic E-state index is -0.489. The Bertz CT molecular complexity index is 641. The molecule has 2 aromatic heterocycles. The van der Waals surface area contributed by atoms with Crippen LogP contribution in [0.15, 0.2) is 18.5 Å². The van der Waals surface area contributed by atoms with Gasteiger partial charge < -0.3 is 9.64 Å². The molecule has 0 N–H and O–H groups in total. The Kier molecular flexibility index (Phi) is 4.64. The average molecular weight is 306 g/mol. The van der Waals surface area contributed by atoms with Gasteiger partial charge in [-0.1, -0.05) is 0 Å². The van der Waals surface area contributed by atoms with Crippen LogP contribution in [0, 0.1) is 0 Å². The molecule has 0 radical (unpaired) electrons. The third-order valence-corrected chi connectivity index (χ3v) is 4.15. The second kappa shape index (κ2) is 6.12. The molecule has 0 fully saturated rings. The highest BCUT2D eigenvalue weighted by Crippen LogP contribution is 2.32. The molecule has 0 saturated heterocycles. The highest BCUT2D eigenvalue weighted by atomic mass is 32.1. The largest absolute Gasteiger partial charge is 0.456 e. The smallest absolute Gasteiger partial charge is 0.340 e. The van der Waals surface area contributed by atoms with Gasteiger partial charge in [0.05, 0.1) is 10.3 Å². The molecule has 0 aliphatic carbocycles. The number of ether oxygens (including phenoxy) is 1. The molecular formula is C16H22N2O2S. The molecule has 0 atom stereocenters. The zero-order valence-corrected chi connectivity index (χ0v) is 14.1. The summed E-state index contributed by atoms with van der Waals surface area (Å²) in [6, 6.07) is 1.89. The average Bonchev–Trinajstić information content (AvgIpc) is 2.72. The number of aromatic nitrogens is 1. The highest BCUT2D eigenvalue weighted by Gasteiger charge is 2.24. The predicted octanol–water partition coefficient (Wildman–Crippen LogP) is 3.36. The molecule has 21 heavy (non-hydrogen) atoms. The van der Waals surface area contributed by atoms with Gasteiger partial charge in [0.2, 0.25) is 0 Å². The van der Waals surface area contributed by atoms with Crippen molar-refractivity contribution in [2.45, 2.75) is 32.8 Å².